The topological polar surface area (TPSA) is 64.1 Å². The van der Waals surface area contributed by atoms with E-state index in [1.807, 2.05) is 10.7 Å². The van der Waals surface area contributed by atoms with Gasteiger partial charge in [0, 0.05) is 24.7 Å². The van der Waals surface area contributed by atoms with Crippen molar-refractivity contribution in [2.45, 2.75) is 71.4 Å². The van der Waals surface area contributed by atoms with Gasteiger partial charge in [-0.2, -0.15) is 5.10 Å². The molecule has 0 aliphatic heterocycles. The molecule has 4 nitrogen and oxygen atoms in total. The summed E-state index contributed by atoms with van der Waals surface area (Å²) in [6.45, 7) is 5.80. The van der Waals surface area contributed by atoms with E-state index in [1.165, 1.54) is 25.7 Å². The molecule has 0 amide bonds. The van der Waals surface area contributed by atoms with E-state index in [4.69, 9.17) is 5.73 Å². The second-order valence-corrected chi connectivity index (χ2v) is 6.68. The maximum absolute atomic E-state index is 11.0. The molecule has 21 heavy (non-hydrogen) atoms. The molecule has 1 atom stereocenters. The highest BCUT2D eigenvalue weighted by molar-refractivity contribution is 5.10. The zero-order valence-electron chi connectivity index (χ0n) is 13.6. The number of aromatic nitrogens is 2. The predicted molar refractivity (Wildman–Crippen MR) is 85.8 cm³/mol. The Balaban J connectivity index is 2.11. The Morgan fingerprint density at radius 1 is 1.38 bits per heavy atom. The number of hydrogen-bond donors (Lipinski definition) is 2. The van der Waals surface area contributed by atoms with Crippen molar-refractivity contribution in [2.75, 3.05) is 6.54 Å². The maximum Gasteiger partial charge on any atom is 0.102 e. The van der Waals surface area contributed by atoms with Gasteiger partial charge in [0.05, 0.1) is 5.69 Å². The van der Waals surface area contributed by atoms with Gasteiger partial charge in [0.25, 0.3) is 0 Å². The lowest BCUT2D eigenvalue weighted by atomic mass is 9.66. The number of nitrogens with zero attached hydrogens (tertiary/aromatic N) is 2. The number of aliphatic hydroxyl groups excluding tert-OH is 1. The first-order valence-corrected chi connectivity index (χ1v) is 8.56. The fraction of sp³-hybridized carbons (Fsp3) is 0.824. The Labute approximate surface area is 128 Å². The molecule has 1 aromatic heterocycles. The van der Waals surface area contributed by atoms with Crippen LogP contribution in [0.25, 0.3) is 0 Å². The van der Waals surface area contributed by atoms with Crippen molar-refractivity contribution in [3.8, 4) is 0 Å². The zero-order chi connectivity index (χ0) is 15.3. The number of rotatable bonds is 7. The van der Waals surface area contributed by atoms with Crippen LogP contribution in [0.3, 0.4) is 0 Å². The maximum atomic E-state index is 11.0. The van der Waals surface area contributed by atoms with Crippen molar-refractivity contribution < 1.29 is 5.11 Å². The van der Waals surface area contributed by atoms with E-state index in [-0.39, 0.29) is 5.41 Å². The first kappa shape index (κ1) is 16.5. The molecule has 0 spiro atoms. The van der Waals surface area contributed by atoms with E-state index in [1.54, 1.807) is 6.20 Å². The molecule has 1 aromatic rings. The van der Waals surface area contributed by atoms with Crippen LogP contribution in [0.5, 0.6) is 0 Å². The summed E-state index contributed by atoms with van der Waals surface area (Å²) in [7, 11) is 0. The quantitative estimate of drug-likeness (QED) is 0.811. The van der Waals surface area contributed by atoms with E-state index in [0.717, 1.165) is 37.4 Å². The Bertz CT molecular complexity index is 421. The SMILES string of the molecule is CCCC1CCC(CN)(C(O)c2ccnn2CCC)CC1. The van der Waals surface area contributed by atoms with Crippen LogP contribution in [0.2, 0.25) is 0 Å². The summed E-state index contributed by atoms with van der Waals surface area (Å²) < 4.78 is 1.94. The molecule has 0 bridgehead atoms. The van der Waals surface area contributed by atoms with Crippen molar-refractivity contribution in [1.82, 2.24) is 9.78 Å². The van der Waals surface area contributed by atoms with Gasteiger partial charge >= 0.3 is 0 Å². The van der Waals surface area contributed by atoms with Crippen LogP contribution in [0.1, 0.15) is 70.6 Å². The summed E-state index contributed by atoms with van der Waals surface area (Å²) in [5.74, 6) is 0.822. The molecule has 1 aliphatic carbocycles. The summed E-state index contributed by atoms with van der Waals surface area (Å²) >= 11 is 0. The van der Waals surface area contributed by atoms with Crippen LogP contribution in [0.15, 0.2) is 12.3 Å². The predicted octanol–water partition coefficient (Wildman–Crippen LogP) is 3.26. The number of nitrogens with two attached hydrogens (primary N) is 1. The molecule has 0 aromatic carbocycles. The average molecular weight is 293 g/mol. The highest BCUT2D eigenvalue weighted by Gasteiger charge is 2.41. The standard InChI is InChI=1S/C17H31N3O/c1-3-5-14-6-9-17(13-18,10-7-14)16(21)15-8-11-19-20(15)12-4-2/h8,11,14,16,21H,3-7,9-10,12-13,18H2,1-2H3. The van der Waals surface area contributed by atoms with Crippen molar-refractivity contribution in [1.29, 1.82) is 0 Å². The van der Waals surface area contributed by atoms with Gasteiger partial charge in [-0.15, -0.1) is 0 Å². The molecule has 3 N–H and O–H groups in total. The molecule has 0 saturated heterocycles. The molecule has 1 aliphatic rings. The number of aliphatic hydroxyl groups is 1. The molecule has 120 valence electrons. The smallest absolute Gasteiger partial charge is 0.102 e. The first-order valence-electron chi connectivity index (χ1n) is 8.56. The molecule has 0 radical (unpaired) electrons. The molecule has 1 heterocycles. The second kappa shape index (κ2) is 7.41. The van der Waals surface area contributed by atoms with Crippen LogP contribution < -0.4 is 5.73 Å². The highest BCUT2D eigenvalue weighted by atomic mass is 16.3. The minimum absolute atomic E-state index is 0.157. The summed E-state index contributed by atoms with van der Waals surface area (Å²) in [5.41, 5.74) is 6.88. The molecule has 1 fully saturated rings. The minimum atomic E-state index is -0.487. The van der Waals surface area contributed by atoms with Crippen LogP contribution >= 0.6 is 0 Å². The molecule has 4 heteroatoms. The lowest BCUT2D eigenvalue weighted by Crippen LogP contribution is -2.41. The van der Waals surface area contributed by atoms with Crippen molar-refractivity contribution in [2.24, 2.45) is 17.1 Å². The molecular formula is C17H31N3O. The Kier molecular flexibility index (Phi) is 5.82. The van der Waals surface area contributed by atoms with Gasteiger partial charge in [-0.3, -0.25) is 4.68 Å². The monoisotopic (exact) mass is 293 g/mol. The summed E-state index contributed by atoms with van der Waals surface area (Å²) in [6.07, 6.45) is 9.36. The number of hydrogen-bond acceptors (Lipinski definition) is 3. The Hall–Kier alpha value is -0.870. The van der Waals surface area contributed by atoms with E-state index >= 15 is 0 Å². The largest absolute Gasteiger partial charge is 0.386 e. The van der Waals surface area contributed by atoms with Gasteiger partial charge in [-0.1, -0.05) is 26.7 Å². The molecule has 2 rings (SSSR count). The number of aryl methyl sites for hydroxylation is 1. The van der Waals surface area contributed by atoms with Gasteiger partial charge in [0.2, 0.25) is 0 Å². The molecule has 1 unspecified atom stereocenters. The normalized spacial score (nSPS) is 27.7. The van der Waals surface area contributed by atoms with E-state index in [0.29, 0.717) is 6.54 Å². The van der Waals surface area contributed by atoms with Gasteiger partial charge in [0.15, 0.2) is 0 Å². The fourth-order valence-electron chi connectivity index (χ4n) is 3.83. The van der Waals surface area contributed by atoms with Gasteiger partial charge in [-0.05, 0) is 44.1 Å². The zero-order valence-corrected chi connectivity index (χ0v) is 13.6. The summed E-state index contributed by atoms with van der Waals surface area (Å²) in [5, 5.41) is 15.3. The molecular weight excluding hydrogens is 262 g/mol. The first-order chi connectivity index (χ1) is 10.2. The van der Waals surface area contributed by atoms with Gasteiger partial charge in [0.1, 0.15) is 6.10 Å². The Morgan fingerprint density at radius 2 is 2.10 bits per heavy atom. The van der Waals surface area contributed by atoms with Crippen molar-refractivity contribution in [3.05, 3.63) is 18.0 Å². The van der Waals surface area contributed by atoms with Crippen LogP contribution in [-0.4, -0.2) is 21.4 Å². The highest BCUT2D eigenvalue weighted by Crippen LogP contribution is 2.47. The van der Waals surface area contributed by atoms with Crippen molar-refractivity contribution in [3.63, 3.8) is 0 Å². The lowest BCUT2D eigenvalue weighted by Gasteiger charge is -2.43. The average Bonchev–Trinajstić information content (AvgIpc) is 2.96. The van der Waals surface area contributed by atoms with Crippen molar-refractivity contribution >= 4 is 0 Å². The Morgan fingerprint density at radius 3 is 2.67 bits per heavy atom. The summed E-state index contributed by atoms with van der Waals surface area (Å²) in [6, 6.07) is 1.95. The van der Waals surface area contributed by atoms with Crippen LogP contribution in [0, 0.1) is 11.3 Å². The molecule has 1 saturated carbocycles. The van der Waals surface area contributed by atoms with Crippen LogP contribution in [0.4, 0.5) is 0 Å². The van der Waals surface area contributed by atoms with Gasteiger partial charge < -0.3 is 10.8 Å². The van der Waals surface area contributed by atoms with E-state index in [2.05, 4.69) is 18.9 Å². The third-order valence-electron chi connectivity index (χ3n) is 5.25. The lowest BCUT2D eigenvalue weighted by molar-refractivity contribution is -0.0161. The second-order valence-electron chi connectivity index (χ2n) is 6.68. The minimum Gasteiger partial charge on any atom is -0.386 e. The van der Waals surface area contributed by atoms with Gasteiger partial charge in [-0.25, -0.2) is 0 Å². The van der Waals surface area contributed by atoms with Crippen LogP contribution in [-0.2, 0) is 6.54 Å². The third kappa shape index (κ3) is 3.49. The van der Waals surface area contributed by atoms with E-state index in [9.17, 15) is 5.11 Å². The van der Waals surface area contributed by atoms with E-state index < -0.39 is 6.10 Å². The summed E-state index contributed by atoms with van der Waals surface area (Å²) in [4.78, 5) is 0. The fourth-order valence-corrected chi connectivity index (χ4v) is 3.83. The third-order valence-corrected chi connectivity index (χ3v) is 5.25.